The Morgan fingerprint density at radius 2 is 1.18 bits per heavy atom. The molecule has 3 rings (SSSR count). The maximum Gasteiger partial charge on any atom is 0.208 e. The van der Waals surface area contributed by atoms with E-state index in [-0.39, 0.29) is 24.8 Å². The Labute approximate surface area is 231 Å². The zero-order chi connectivity index (χ0) is 27.9. The van der Waals surface area contributed by atoms with Crippen molar-refractivity contribution in [3.05, 3.63) is 71.6 Å². The van der Waals surface area contributed by atoms with Crippen molar-refractivity contribution < 1.29 is 20.1 Å². The summed E-state index contributed by atoms with van der Waals surface area (Å²) < 4.78 is 0. The van der Waals surface area contributed by atoms with E-state index in [0.29, 0.717) is 22.7 Å². The molecular weight excluding hydrogens is 492 g/mol. The molecule has 0 radical (unpaired) electrons. The van der Waals surface area contributed by atoms with Gasteiger partial charge in [-0.05, 0) is 81.1 Å². The summed E-state index contributed by atoms with van der Waals surface area (Å²) in [5.41, 5.74) is 4.77. The molecule has 0 aliphatic heterocycles. The third kappa shape index (κ3) is 9.89. The predicted molar refractivity (Wildman–Crippen MR) is 160 cm³/mol. The largest absolute Gasteiger partial charge is 0.506 e. The van der Waals surface area contributed by atoms with Gasteiger partial charge >= 0.3 is 0 Å². The molecule has 0 fully saturated rings. The molecule has 1 aliphatic carbocycles. The van der Waals surface area contributed by atoms with Crippen LogP contribution in [0, 0.1) is 0 Å². The first kappa shape index (κ1) is 29.9. The topological polar surface area (TPSA) is 126 Å². The summed E-state index contributed by atoms with van der Waals surface area (Å²) in [6.07, 6.45) is 9.23. The van der Waals surface area contributed by atoms with E-state index in [4.69, 9.17) is 10.2 Å². The van der Waals surface area contributed by atoms with Gasteiger partial charge in [-0.25, -0.2) is 4.99 Å². The lowest BCUT2D eigenvalue weighted by Crippen LogP contribution is -2.23. The summed E-state index contributed by atoms with van der Waals surface area (Å²) in [7, 11) is 0. The second-order valence-corrected chi connectivity index (χ2v) is 9.73. The Morgan fingerprint density at radius 3 is 1.72 bits per heavy atom. The molecule has 8 heteroatoms. The third-order valence-corrected chi connectivity index (χ3v) is 6.58. The fourth-order valence-corrected chi connectivity index (χ4v) is 4.30. The first-order valence-corrected chi connectivity index (χ1v) is 13.9. The van der Waals surface area contributed by atoms with E-state index in [1.165, 1.54) is 6.08 Å². The van der Waals surface area contributed by atoms with Gasteiger partial charge in [0.15, 0.2) is 0 Å². The highest BCUT2D eigenvalue weighted by molar-refractivity contribution is 6.51. The smallest absolute Gasteiger partial charge is 0.208 e. The minimum absolute atomic E-state index is 0.111. The summed E-state index contributed by atoms with van der Waals surface area (Å²) >= 11 is 0. The van der Waals surface area contributed by atoms with Crippen LogP contribution >= 0.6 is 0 Å². The number of ketones is 1. The molecule has 0 spiro atoms. The normalized spacial score (nSPS) is 14.5. The van der Waals surface area contributed by atoms with Crippen LogP contribution in [0.3, 0.4) is 0 Å². The Morgan fingerprint density at radius 1 is 0.692 bits per heavy atom. The van der Waals surface area contributed by atoms with Gasteiger partial charge in [0.05, 0.1) is 11.4 Å². The van der Waals surface area contributed by atoms with E-state index in [1.807, 2.05) is 48.5 Å². The Hall–Kier alpha value is -3.62. The van der Waals surface area contributed by atoms with E-state index >= 15 is 0 Å². The van der Waals surface area contributed by atoms with Gasteiger partial charge in [0.25, 0.3) is 0 Å². The van der Waals surface area contributed by atoms with Crippen LogP contribution in [0.15, 0.2) is 76.6 Å². The zero-order valence-electron chi connectivity index (χ0n) is 22.9. The first-order chi connectivity index (χ1) is 19.0. The van der Waals surface area contributed by atoms with Crippen LogP contribution in [0.4, 0.5) is 22.7 Å². The van der Waals surface area contributed by atoms with Gasteiger partial charge in [-0.3, -0.25) is 4.79 Å². The second-order valence-electron chi connectivity index (χ2n) is 9.73. The van der Waals surface area contributed by atoms with E-state index in [2.05, 4.69) is 20.9 Å². The van der Waals surface area contributed by atoms with E-state index in [0.717, 1.165) is 81.5 Å². The van der Waals surface area contributed by atoms with Crippen molar-refractivity contribution in [2.45, 2.75) is 58.3 Å². The number of carbonyl (C=O) groups is 1. The molecule has 6 N–H and O–H groups in total. The van der Waals surface area contributed by atoms with Gasteiger partial charge in [-0.1, -0.05) is 25.7 Å². The summed E-state index contributed by atoms with van der Waals surface area (Å²) in [6, 6.07) is 15.4. The van der Waals surface area contributed by atoms with Crippen LogP contribution in [0.5, 0.6) is 0 Å². The highest BCUT2D eigenvalue weighted by Crippen LogP contribution is 2.26. The van der Waals surface area contributed by atoms with Crippen molar-refractivity contribution >= 4 is 34.2 Å². The van der Waals surface area contributed by atoms with Crippen LogP contribution in [0.2, 0.25) is 0 Å². The van der Waals surface area contributed by atoms with Crippen molar-refractivity contribution in [2.75, 3.05) is 42.3 Å². The molecule has 0 amide bonds. The van der Waals surface area contributed by atoms with Gasteiger partial charge in [0, 0.05) is 55.0 Å². The number of anilines is 3. The van der Waals surface area contributed by atoms with Gasteiger partial charge in [-0.2, -0.15) is 0 Å². The summed E-state index contributed by atoms with van der Waals surface area (Å²) in [5, 5.41) is 38.2. The van der Waals surface area contributed by atoms with Crippen LogP contribution < -0.4 is 16.0 Å². The molecule has 0 bridgehead atoms. The fraction of sp³-hybridized carbons (Fsp3) is 0.419. The van der Waals surface area contributed by atoms with Crippen molar-refractivity contribution in [3.8, 4) is 0 Å². The SMILES string of the molecule is CC1=C(Nc2ccc(NCCCCCCO)cc2)C(O)=CC(=O)C1=Nc1ccc(NCCCCCCO)cc1. The number of aliphatic hydroxyl groups is 3. The molecule has 0 aromatic heterocycles. The maximum absolute atomic E-state index is 12.7. The number of nitrogens with one attached hydrogen (secondary N) is 3. The minimum atomic E-state index is -0.334. The number of allylic oxidation sites excluding steroid dienone is 2. The van der Waals surface area contributed by atoms with Crippen LogP contribution in [0.1, 0.15) is 58.3 Å². The number of carbonyl (C=O) groups excluding carboxylic acids is 1. The summed E-state index contributed by atoms with van der Waals surface area (Å²) in [4.78, 5) is 17.3. The fourth-order valence-electron chi connectivity index (χ4n) is 4.30. The zero-order valence-corrected chi connectivity index (χ0v) is 22.9. The number of hydrogen-bond acceptors (Lipinski definition) is 8. The number of rotatable bonds is 17. The number of unbranched alkanes of at least 4 members (excludes halogenated alkanes) is 6. The number of aliphatic imine (C=N–C) groups is 1. The van der Waals surface area contributed by atoms with E-state index in [9.17, 15) is 9.90 Å². The molecule has 1 aliphatic rings. The quantitative estimate of drug-likeness (QED) is 0.107. The molecule has 0 saturated heterocycles. The van der Waals surface area contributed by atoms with Crippen molar-refractivity contribution in [1.82, 2.24) is 0 Å². The average molecular weight is 535 g/mol. The monoisotopic (exact) mass is 534 g/mol. The van der Waals surface area contributed by atoms with E-state index < -0.39 is 0 Å². The second kappa shape index (κ2) is 16.4. The summed E-state index contributed by atoms with van der Waals surface area (Å²) in [6.45, 7) is 4.02. The molecule has 0 atom stereocenters. The standard InChI is InChI=1S/C31H42N4O4/c1-23-30(34-26-14-10-24(11-15-26)32-18-6-2-4-8-20-36)28(38)22-29(39)31(23)35-27-16-12-25(13-17-27)33-19-7-3-5-9-21-37/h10-17,22,32-34,36-38H,2-9,18-21H2,1H3. The van der Waals surface area contributed by atoms with Crippen LogP contribution in [0.25, 0.3) is 0 Å². The number of nitrogens with zero attached hydrogens (tertiary/aromatic N) is 1. The third-order valence-electron chi connectivity index (χ3n) is 6.58. The molecule has 210 valence electrons. The minimum Gasteiger partial charge on any atom is -0.506 e. The van der Waals surface area contributed by atoms with Gasteiger partial charge in [0.1, 0.15) is 11.5 Å². The van der Waals surface area contributed by atoms with Crippen molar-refractivity contribution in [1.29, 1.82) is 0 Å². The molecule has 2 aromatic rings. The first-order valence-electron chi connectivity index (χ1n) is 13.9. The number of benzene rings is 2. The van der Waals surface area contributed by atoms with Crippen LogP contribution in [-0.2, 0) is 4.79 Å². The lowest BCUT2D eigenvalue weighted by atomic mass is 9.98. The van der Waals surface area contributed by atoms with Crippen LogP contribution in [-0.4, -0.2) is 53.1 Å². The van der Waals surface area contributed by atoms with E-state index in [1.54, 1.807) is 6.92 Å². The maximum atomic E-state index is 12.7. The molecule has 39 heavy (non-hydrogen) atoms. The molecule has 2 aromatic carbocycles. The van der Waals surface area contributed by atoms with Gasteiger partial charge < -0.3 is 31.3 Å². The Kier molecular flexibility index (Phi) is 12.6. The lowest BCUT2D eigenvalue weighted by Gasteiger charge is -2.19. The Bertz CT molecular complexity index is 1140. The summed E-state index contributed by atoms with van der Waals surface area (Å²) in [5.74, 6) is -0.445. The molecule has 0 unspecified atom stereocenters. The molecular formula is C31H42N4O4. The van der Waals surface area contributed by atoms with Gasteiger partial charge in [-0.15, -0.1) is 0 Å². The van der Waals surface area contributed by atoms with Crippen molar-refractivity contribution in [3.63, 3.8) is 0 Å². The molecule has 0 heterocycles. The highest BCUT2D eigenvalue weighted by atomic mass is 16.3. The number of aliphatic hydroxyl groups excluding tert-OH is 3. The molecule has 8 nitrogen and oxygen atoms in total. The number of hydrogen-bond donors (Lipinski definition) is 6. The predicted octanol–water partition coefficient (Wildman–Crippen LogP) is 6.10. The highest BCUT2D eigenvalue weighted by Gasteiger charge is 2.24. The van der Waals surface area contributed by atoms with Gasteiger partial charge in [0.2, 0.25) is 5.78 Å². The molecule has 0 saturated carbocycles. The average Bonchev–Trinajstić information content (AvgIpc) is 2.94. The van der Waals surface area contributed by atoms with Crippen molar-refractivity contribution in [2.24, 2.45) is 4.99 Å². The Balaban J connectivity index is 1.59. The lowest BCUT2D eigenvalue weighted by molar-refractivity contribution is -0.109.